The first-order valence-corrected chi connectivity index (χ1v) is 8.38. The quantitative estimate of drug-likeness (QED) is 0.904. The molecule has 0 bridgehead atoms. The Morgan fingerprint density at radius 3 is 2.90 bits per heavy atom. The van der Waals surface area contributed by atoms with E-state index in [0.717, 1.165) is 12.5 Å². The van der Waals surface area contributed by atoms with Gasteiger partial charge in [0, 0.05) is 18.6 Å². The maximum Gasteiger partial charge on any atom is 0.0484 e. The van der Waals surface area contributed by atoms with Crippen LogP contribution in [0.5, 0.6) is 0 Å². The number of rotatable bonds is 4. The number of nitrogens with one attached hydrogen (secondary N) is 1. The van der Waals surface area contributed by atoms with Crippen molar-refractivity contribution in [2.24, 2.45) is 5.92 Å². The van der Waals surface area contributed by atoms with Crippen LogP contribution in [0.4, 0.5) is 0 Å². The number of piperidine rings is 1. The Morgan fingerprint density at radius 1 is 1.25 bits per heavy atom. The molecule has 1 aromatic carbocycles. The fourth-order valence-electron chi connectivity index (χ4n) is 4.11. The number of nitrogens with zero attached hydrogens (tertiary/aromatic N) is 1. The molecule has 0 saturated carbocycles. The van der Waals surface area contributed by atoms with Crippen LogP contribution in [0.2, 0.25) is 0 Å². The number of likely N-dealkylation sites (N-methyl/N-ethyl adjacent to an activating group) is 1. The molecular formula is C18H28N2. The molecule has 3 unspecified atom stereocenters. The average Bonchev–Trinajstić information content (AvgIpc) is 2.87. The molecule has 3 rings (SSSR count). The minimum atomic E-state index is 0.534. The molecule has 2 heteroatoms. The summed E-state index contributed by atoms with van der Waals surface area (Å²) in [5, 5.41) is 3.74. The van der Waals surface area contributed by atoms with Crippen LogP contribution >= 0.6 is 0 Å². The van der Waals surface area contributed by atoms with Gasteiger partial charge in [0.25, 0.3) is 0 Å². The molecule has 1 aliphatic heterocycles. The van der Waals surface area contributed by atoms with Gasteiger partial charge in [-0.05, 0) is 49.4 Å². The average molecular weight is 272 g/mol. The highest BCUT2D eigenvalue weighted by Gasteiger charge is 2.37. The molecule has 1 saturated heterocycles. The molecule has 1 N–H and O–H groups in total. The fraction of sp³-hybridized carbons (Fsp3) is 0.667. The molecule has 0 radical (unpaired) electrons. The van der Waals surface area contributed by atoms with E-state index in [9.17, 15) is 0 Å². The standard InChI is InChI=1S/C18H28N2/c1-3-14-8-7-11-20(13-14)17-12-15-9-5-6-10-16(15)18(17)19-4-2/h5-6,9-10,14,17-19H,3-4,7-8,11-13H2,1-2H3. The van der Waals surface area contributed by atoms with Crippen LogP contribution in [-0.4, -0.2) is 30.6 Å². The van der Waals surface area contributed by atoms with Gasteiger partial charge >= 0.3 is 0 Å². The maximum atomic E-state index is 3.74. The lowest BCUT2D eigenvalue weighted by atomic mass is 9.93. The summed E-state index contributed by atoms with van der Waals surface area (Å²) in [5.74, 6) is 0.912. The highest BCUT2D eigenvalue weighted by molar-refractivity contribution is 5.37. The second-order valence-electron chi connectivity index (χ2n) is 6.42. The van der Waals surface area contributed by atoms with Gasteiger partial charge in [0.2, 0.25) is 0 Å². The summed E-state index contributed by atoms with van der Waals surface area (Å²) in [7, 11) is 0. The van der Waals surface area contributed by atoms with Crippen molar-refractivity contribution < 1.29 is 0 Å². The van der Waals surface area contributed by atoms with Gasteiger partial charge < -0.3 is 5.32 Å². The van der Waals surface area contributed by atoms with Gasteiger partial charge in [0.15, 0.2) is 0 Å². The summed E-state index contributed by atoms with van der Waals surface area (Å²) in [6, 6.07) is 10.2. The predicted molar refractivity (Wildman–Crippen MR) is 84.9 cm³/mol. The Kier molecular flexibility index (Phi) is 4.42. The minimum absolute atomic E-state index is 0.534. The minimum Gasteiger partial charge on any atom is -0.309 e. The van der Waals surface area contributed by atoms with E-state index in [1.54, 1.807) is 5.56 Å². The van der Waals surface area contributed by atoms with Crippen molar-refractivity contribution in [3.8, 4) is 0 Å². The van der Waals surface area contributed by atoms with Crippen molar-refractivity contribution in [1.29, 1.82) is 0 Å². The molecule has 2 aliphatic rings. The van der Waals surface area contributed by atoms with E-state index in [1.165, 1.54) is 44.3 Å². The molecular weight excluding hydrogens is 244 g/mol. The second kappa shape index (κ2) is 6.28. The van der Waals surface area contributed by atoms with E-state index < -0.39 is 0 Å². The second-order valence-corrected chi connectivity index (χ2v) is 6.42. The summed E-state index contributed by atoms with van der Waals surface area (Å²) in [6.07, 6.45) is 5.37. The van der Waals surface area contributed by atoms with Crippen molar-refractivity contribution in [2.45, 2.75) is 51.6 Å². The van der Waals surface area contributed by atoms with Gasteiger partial charge in [-0.25, -0.2) is 0 Å². The molecule has 2 nitrogen and oxygen atoms in total. The number of likely N-dealkylation sites (tertiary alicyclic amines) is 1. The van der Waals surface area contributed by atoms with Crippen LogP contribution in [0.3, 0.4) is 0 Å². The molecule has 0 spiro atoms. The summed E-state index contributed by atoms with van der Waals surface area (Å²) in [5.41, 5.74) is 3.10. The van der Waals surface area contributed by atoms with Gasteiger partial charge in [-0.3, -0.25) is 4.90 Å². The van der Waals surface area contributed by atoms with Gasteiger partial charge in [-0.2, -0.15) is 0 Å². The zero-order chi connectivity index (χ0) is 13.9. The first kappa shape index (κ1) is 14.1. The molecule has 110 valence electrons. The number of benzene rings is 1. The van der Waals surface area contributed by atoms with Crippen molar-refractivity contribution in [2.75, 3.05) is 19.6 Å². The Balaban J connectivity index is 1.79. The third kappa shape index (κ3) is 2.64. The molecule has 0 aromatic heterocycles. The topological polar surface area (TPSA) is 15.3 Å². The SMILES string of the molecule is CCNC1c2ccccc2CC1N1CCCC(CC)C1. The lowest BCUT2D eigenvalue weighted by Crippen LogP contribution is -2.47. The molecule has 1 heterocycles. The molecule has 1 fully saturated rings. The van der Waals surface area contributed by atoms with Crippen molar-refractivity contribution in [3.63, 3.8) is 0 Å². The van der Waals surface area contributed by atoms with Crippen LogP contribution in [0, 0.1) is 5.92 Å². The van der Waals surface area contributed by atoms with Crippen LogP contribution in [0.15, 0.2) is 24.3 Å². The summed E-state index contributed by atoms with van der Waals surface area (Å²) in [6.45, 7) is 8.22. The predicted octanol–water partition coefficient (Wildman–Crippen LogP) is 3.38. The monoisotopic (exact) mass is 272 g/mol. The van der Waals surface area contributed by atoms with Crippen LogP contribution in [-0.2, 0) is 6.42 Å². The first-order valence-electron chi connectivity index (χ1n) is 8.38. The Morgan fingerprint density at radius 2 is 2.10 bits per heavy atom. The molecule has 1 aromatic rings. The zero-order valence-corrected chi connectivity index (χ0v) is 12.9. The highest BCUT2D eigenvalue weighted by atomic mass is 15.2. The highest BCUT2D eigenvalue weighted by Crippen LogP contribution is 2.36. The van der Waals surface area contributed by atoms with Crippen molar-refractivity contribution in [3.05, 3.63) is 35.4 Å². The van der Waals surface area contributed by atoms with E-state index in [0.29, 0.717) is 12.1 Å². The van der Waals surface area contributed by atoms with Crippen molar-refractivity contribution >= 4 is 0 Å². The zero-order valence-electron chi connectivity index (χ0n) is 12.9. The molecule has 3 atom stereocenters. The number of hydrogen-bond donors (Lipinski definition) is 1. The summed E-state index contributed by atoms with van der Waals surface area (Å²) >= 11 is 0. The van der Waals surface area contributed by atoms with E-state index in [-0.39, 0.29) is 0 Å². The first-order chi connectivity index (χ1) is 9.83. The lowest BCUT2D eigenvalue weighted by Gasteiger charge is -2.39. The van der Waals surface area contributed by atoms with Crippen LogP contribution < -0.4 is 5.32 Å². The third-order valence-electron chi connectivity index (χ3n) is 5.22. The summed E-state index contributed by atoms with van der Waals surface area (Å²) in [4.78, 5) is 2.77. The van der Waals surface area contributed by atoms with E-state index in [2.05, 4.69) is 48.3 Å². The summed E-state index contributed by atoms with van der Waals surface area (Å²) < 4.78 is 0. The molecule has 0 amide bonds. The molecule has 20 heavy (non-hydrogen) atoms. The fourth-order valence-corrected chi connectivity index (χ4v) is 4.11. The van der Waals surface area contributed by atoms with Gasteiger partial charge in [0.05, 0.1) is 0 Å². The molecule has 1 aliphatic carbocycles. The number of fused-ring (bicyclic) bond motifs is 1. The number of hydrogen-bond acceptors (Lipinski definition) is 2. The van der Waals surface area contributed by atoms with E-state index in [4.69, 9.17) is 0 Å². The van der Waals surface area contributed by atoms with Crippen LogP contribution in [0.1, 0.15) is 50.3 Å². The maximum absolute atomic E-state index is 3.74. The van der Waals surface area contributed by atoms with E-state index >= 15 is 0 Å². The van der Waals surface area contributed by atoms with Gasteiger partial charge in [-0.1, -0.05) is 44.5 Å². The van der Waals surface area contributed by atoms with Crippen molar-refractivity contribution in [1.82, 2.24) is 10.2 Å². The normalized spacial score (nSPS) is 30.4. The van der Waals surface area contributed by atoms with Gasteiger partial charge in [-0.15, -0.1) is 0 Å². The van der Waals surface area contributed by atoms with Crippen LogP contribution in [0.25, 0.3) is 0 Å². The largest absolute Gasteiger partial charge is 0.309 e. The Bertz CT molecular complexity index is 443. The van der Waals surface area contributed by atoms with E-state index in [1.807, 2.05) is 0 Å². The smallest absolute Gasteiger partial charge is 0.0484 e. The lowest BCUT2D eigenvalue weighted by molar-refractivity contribution is 0.103. The van der Waals surface area contributed by atoms with Gasteiger partial charge in [0.1, 0.15) is 0 Å². The Labute approximate surface area is 123 Å². The third-order valence-corrected chi connectivity index (χ3v) is 5.22. The Hall–Kier alpha value is -0.860.